The molecule has 1 heterocycles. The third kappa shape index (κ3) is 4.58. The van der Waals surface area contributed by atoms with E-state index in [2.05, 4.69) is 10.2 Å². The first kappa shape index (κ1) is 19.4. The fourth-order valence-corrected chi connectivity index (χ4v) is 3.00. The van der Waals surface area contributed by atoms with Crippen LogP contribution in [0.1, 0.15) is 24.1 Å². The van der Waals surface area contributed by atoms with Crippen molar-refractivity contribution in [1.29, 1.82) is 5.26 Å². The van der Waals surface area contributed by atoms with Crippen molar-refractivity contribution >= 4 is 23.2 Å². The molecule has 1 fully saturated rings. The monoisotopic (exact) mass is 429 g/mol. The second kappa shape index (κ2) is 8.24. The molecule has 5 nitrogen and oxygen atoms in total. The molecule has 1 saturated carbocycles. The molecule has 4 rings (SSSR count). The van der Waals surface area contributed by atoms with Crippen molar-refractivity contribution in [1.82, 2.24) is 10.2 Å². The van der Waals surface area contributed by atoms with Gasteiger partial charge in [0.1, 0.15) is 35.7 Å². The predicted octanol–water partition coefficient (Wildman–Crippen LogP) is 5.58. The lowest BCUT2D eigenvalue weighted by Crippen LogP contribution is -2.02. The summed E-state index contributed by atoms with van der Waals surface area (Å²) in [7, 11) is 0. The van der Waals surface area contributed by atoms with Crippen LogP contribution in [0.15, 0.2) is 42.5 Å². The zero-order valence-corrected chi connectivity index (χ0v) is 16.5. The summed E-state index contributed by atoms with van der Waals surface area (Å²) in [6.45, 7) is 0.0687. The molecule has 2 aromatic carbocycles. The maximum atomic E-state index is 14.7. The zero-order chi connectivity index (χ0) is 20.4. The molecule has 0 amide bonds. The van der Waals surface area contributed by atoms with Gasteiger partial charge in [-0.1, -0.05) is 23.2 Å². The summed E-state index contributed by atoms with van der Waals surface area (Å²) in [5.41, 5.74) is 1.40. The van der Waals surface area contributed by atoms with E-state index in [1.54, 1.807) is 24.3 Å². The van der Waals surface area contributed by atoms with Gasteiger partial charge in [-0.3, -0.25) is 0 Å². The SMILES string of the molecule is N#Cc1cc(-c2cc(OC3CC3)ccc2F)c(OCc2ccc(Cl)nn2)cc1Cl. The van der Waals surface area contributed by atoms with Crippen LogP contribution in [-0.4, -0.2) is 16.3 Å². The molecule has 1 aliphatic carbocycles. The maximum Gasteiger partial charge on any atom is 0.151 e. The van der Waals surface area contributed by atoms with Crippen molar-refractivity contribution in [3.8, 4) is 28.7 Å². The molecular weight excluding hydrogens is 416 g/mol. The molecular formula is C21H14Cl2FN3O2. The number of nitriles is 1. The van der Waals surface area contributed by atoms with Gasteiger partial charge in [-0.25, -0.2) is 4.39 Å². The molecule has 3 aromatic rings. The minimum absolute atomic E-state index is 0.0687. The van der Waals surface area contributed by atoms with E-state index >= 15 is 0 Å². The van der Waals surface area contributed by atoms with Crippen LogP contribution in [0.25, 0.3) is 11.1 Å². The normalized spacial score (nSPS) is 13.0. The molecule has 0 spiro atoms. The Labute approximate surface area is 176 Å². The van der Waals surface area contributed by atoms with Crippen molar-refractivity contribution in [2.24, 2.45) is 0 Å². The van der Waals surface area contributed by atoms with Gasteiger partial charge in [0, 0.05) is 17.2 Å². The highest BCUT2D eigenvalue weighted by molar-refractivity contribution is 6.32. The fraction of sp³-hybridized carbons (Fsp3) is 0.190. The van der Waals surface area contributed by atoms with Gasteiger partial charge in [0.2, 0.25) is 0 Å². The van der Waals surface area contributed by atoms with Crippen LogP contribution in [0.5, 0.6) is 11.5 Å². The third-order valence-corrected chi connectivity index (χ3v) is 4.82. The molecule has 0 aliphatic heterocycles. The van der Waals surface area contributed by atoms with Gasteiger partial charge in [0.05, 0.1) is 16.7 Å². The van der Waals surface area contributed by atoms with Gasteiger partial charge in [0.25, 0.3) is 0 Å². The highest BCUT2D eigenvalue weighted by atomic mass is 35.5. The summed E-state index contributed by atoms with van der Waals surface area (Å²) in [5, 5.41) is 17.5. The number of hydrogen-bond donors (Lipinski definition) is 0. The Morgan fingerprint density at radius 3 is 2.59 bits per heavy atom. The molecule has 0 bridgehead atoms. The number of aromatic nitrogens is 2. The molecule has 146 valence electrons. The summed E-state index contributed by atoms with van der Waals surface area (Å²) in [5.74, 6) is 0.413. The molecule has 0 atom stereocenters. The topological polar surface area (TPSA) is 68.0 Å². The van der Waals surface area contributed by atoms with Crippen LogP contribution in [0.2, 0.25) is 10.2 Å². The molecule has 1 aliphatic rings. The third-order valence-electron chi connectivity index (χ3n) is 4.31. The first-order chi connectivity index (χ1) is 14.0. The quantitative estimate of drug-likeness (QED) is 0.511. The second-order valence-corrected chi connectivity index (χ2v) is 7.33. The Hall–Kier alpha value is -2.88. The number of nitrogens with zero attached hydrogens (tertiary/aromatic N) is 3. The van der Waals surface area contributed by atoms with Gasteiger partial charge >= 0.3 is 0 Å². The van der Waals surface area contributed by atoms with Gasteiger partial charge < -0.3 is 9.47 Å². The Morgan fingerprint density at radius 1 is 1.07 bits per heavy atom. The summed E-state index contributed by atoms with van der Waals surface area (Å²) in [4.78, 5) is 0. The number of ether oxygens (including phenoxy) is 2. The number of halogens is 3. The molecule has 29 heavy (non-hydrogen) atoms. The summed E-state index contributed by atoms with van der Waals surface area (Å²) in [6.07, 6.45) is 2.15. The molecule has 8 heteroatoms. The molecule has 1 aromatic heterocycles. The minimum atomic E-state index is -0.463. The van der Waals surface area contributed by atoms with Gasteiger partial charge in [-0.2, -0.15) is 10.4 Å². The Balaban J connectivity index is 1.71. The minimum Gasteiger partial charge on any atom is -0.490 e. The van der Waals surface area contributed by atoms with E-state index < -0.39 is 5.82 Å². The summed E-state index contributed by atoms with van der Waals surface area (Å²) >= 11 is 11.9. The summed E-state index contributed by atoms with van der Waals surface area (Å²) < 4.78 is 26.3. The Morgan fingerprint density at radius 2 is 1.90 bits per heavy atom. The van der Waals surface area contributed by atoms with Crippen LogP contribution in [0, 0.1) is 17.1 Å². The molecule has 0 radical (unpaired) electrons. The van der Waals surface area contributed by atoms with E-state index in [1.807, 2.05) is 6.07 Å². The number of hydrogen-bond acceptors (Lipinski definition) is 5. The smallest absolute Gasteiger partial charge is 0.151 e. The highest BCUT2D eigenvalue weighted by Gasteiger charge is 2.24. The maximum absolute atomic E-state index is 14.7. The summed E-state index contributed by atoms with van der Waals surface area (Å²) in [6, 6.07) is 12.8. The lowest BCUT2D eigenvalue weighted by molar-refractivity contribution is 0.300. The largest absolute Gasteiger partial charge is 0.490 e. The Bertz CT molecular complexity index is 1100. The van der Waals surface area contributed by atoms with Crippen LogP contribution in [0.4, 0.5) is 4.39 Å². The van der Waals surface area contributed by atoms with E-state index in [0.717, 1.165) is 12.8 Å². The second-order valence-electron chi connectivity index (χ2n) is 6.53. The van der Waals surface area contributed by atoms with E-state index in [9.17, 15) is 9.65 Å². The Kier molecular flexibility index (Phi) is 5.52. The fourth-order valence-electron chi connectivity index (χ4n) is 2.71. The van der Waals surface area contributed by atoms with Crippen molar-refractivity contribution < 1.29 is 13.9 Å². The number of rotatable bonds is 6. The van der Waals surface area contributed by atoms with Crippen molar-refractivity contribution in [2.45, 2.75) is 25.6 Å². The molecule has 0 unspecified atom stereocenters. The van der Waals surface area contributed by atoms with E-state index in [0.29, 0.717) is 22.8 Å². The van der Waals surface area contributed by atoms with E-state index in [1.165, 1.54) is 18.2 Å². The van der Waals surface area contributed by atoms with Crippen molar-refractivity contribution in [2.75, 3.05) is 0 Å². The standard InChI is InChI=1S/C21H14Cl2FN3O2/c22-18-9-20(28-11-13-1-6-21(23)27-26-13)17(7-12(18)10-25)16-8-15(4-5-19(16)24)29-14-2-3-14/h1,4-9,14H,2-3,11H2. The first-order valence-corrected chi connectivity index (χ1v) is 9.60. The lowest BCUT2D eigenvalue weighted by atomic mass is 10.0. The van der Waals surface area contributed by atoms with Crippen LogP contribution >= 0.6 is 23.2 Å². The lowest BCUT2D eigenvalue weighted by Gasteiger charge is -2.15. The average molecular weight is 430 g/mol. The molecule has 0 saturated heterocycles. The zero-order valence-electron chi connectivity index (χ0n) is 15.0. The average Bonchev–Trinajstić information content (AvgIpc) is 3.53. The predicted molar refractivity (Wildman–Crippen MR) is 107 cm³/mol. The van der Waals surface area contributed by atoms with Gasteiger partial charge in [-0.15, -0.1) is 5.10 Å². The van der Waals surface area contributed by atoms with Gasteiger partial charge in [-0.05, 0) is 49.2 Å². The van der Waals surface area contributed by atoms with Crippen molar-refractivity contribution in [3.05, 3.63) is 69.7 Å². The molecule has 0 N–H and O–H groups in total. The van der Waals surface area contributed by atoms with Crippen LogP contribution in [-0.2, 0) is 6.61 Å². The van der Waals surface area contributed by atoms with E-state index in [4.69, 9.17) is 32.7 Å². The van der Waals surface area contributed by atoms with Gasteiger partial charge in [0.15, 0.2) is 5.15 Å². The first-order valence-electron chi connectivity index (χ1n) is 8.84. The van der Waals surface area contributed by atoms with E-state index in [-0.39, 0.29) is 34.0 Å². The van der Waals surface area contributed by atoms with Crippen LogP contribution in [0.3, 0.4) is 0 Å². The van der Waals surface area contributed by atoms with Crippen molar-refractivity contribution in [3.63, 3.8) is 0 Å². The van der Waals surface area contributed by atoms with Crippen LogP contribution < -0.4 is 9.47 Å². The highest BCUT2D eigenvalue weighted by Crippen LogP contribution is 2.39. The number of benzene rings is 2.